The minimum Gasteiger partial charge on any atom is -0.379 e. The molecule has 4 nitrogen and oxygen atoms in total. The highest BCUT2D eigenvalue weighted by Gasteiger charge is 2.34. The van der Waals surface area contributed by atoms with Crippen molar-refractivity contribution in [2.45, 2.75) is 46.0 Å². The van der Waals surface area contributed by atoms with Crippen LogP contribution in [0, 0.1) is 21.4 Å². The van der Waals surface area contributed by atoms with Gasteiger partial charge in [0.15, 0.2) is 0 Å². The third-order valence-electron chi connectivity index (χ3n) is 4.31. The molecule has 0 bridgehead atoms. The van der Waals surface area contributed by atoms with Crippen molar-refractivity contribution in [3.05, 3.63) is 33.3 Å². The van der Waals surface area contributed by atoms with Gasteiger partial charge < -0.3 is 5.32 Å². The highest BCUT2D eigenvalue weighted by molar-refractivity contribution is 6.31. The summed E-state index contributed by atoms with van der Waals surface area (Å²) in [5, 5.41) is 14.9. The Bertz CT molecular complexity index is 511. The third-order valence-corrected chi connectivity index (χ3v) is 4.55. The predicted octanol–water partition coefficient (Wildman–Crippen LogP) is 5.27. The topological polar surface area (TPSA) is 55.2 Å². The summed E-state index contributed by atoms with van der Waals surface area (Å²) in [6.45, 7) is 5.26. The van der Waals surface area contributed by atoms with Gasteiger partial charge in [0.05, 0.1) is 4.92 Å². The molecule has 1 aliphatic rings. The minimum atomic E-state index is -0.359. The second kappa shape index (κ2) is 6.65. The number of anilines is 1. The first kappa shape index (κ1) is 16.1. The van der Waals surface area contributed by atoms with Gasteiger partial charge in [0.2, 0.25) is 0 Å². The Kier molecular flexibility index (Phi) is 5.09. The molecule has 1 aliphatic carbocycles. The summed E-state index contributed by atoms with van der Waals surface area (Å²) in [4.78, 5) is 10.8. The van der Waals surface area contributed by atoms with Crippen LogP contribution in [-0.4, -0.2) is 11.5 Å². The highest BCUT2D eigenvalue weighted by Crippen LogP contribution is 2.43. The van der Waals surface area contributed by atoms with Gasteiger partial charge in [-0.3, -0.25) is 10.1 Å². The fraction of sp³-hybridized carbons (Fsp3) is 0.625. The molecule has 21 heavy (non-hydrogen) atoms. The van der Waals surface area contributed by atoms with Crippen LogP contribution in [0.1, 0.15) is 46.0 Å². The Balaban J connectivity index is 2.14. The van der Waals surface area contributed by atoms with E-state index in [0.29, 0.717) is 16.6 Å². The Morgan fingerprint density at radius 1 is 1.38 bits per heavy atom. The van der Waals surface area contributed by atoms with E-state index < -0.39 is 0 Å². The van der Waals surface area contributed by atoms with Crippen molar-refractivity contribution in [3.63, 3.8) is 0 Å². The van der Waals surface area contributed by atoms with E-state index in [0.717, 1.165) is 13.0 Å². The summed E-state index contributed by atoms with van der Waals surface area (Å²) in [6, 6.07) is 4.68. The van der Waals surface area contributed by atoms with E-state index >= 15 is 0 Å². The van der Waals surface area contributed by atoms with Crippen molar-refractivity contribution in [2.24, 2.45) is 11.3 Å². The lowest BCUT2D eigenvalue weighted by Crippen LogP contribution is -2.28. The molecular formula is C16H23ClN2O2. The zero-order valence-corrected chi connectivity index (χ0v) is 13.4. The van der Waals surface area contributed by atoms with Crippen molar-refractivity contribution in [1.82, 2.24) is 0 Å². The van der Waals surface area contributed by atoms with E-state index in [2.05, 4.69) is 19.2 Å². The summed E-state index contributed by atoms with van der Waals surface area (Å²) in [6.07, 6.45) is 6.07. The van der Waals surface area contributed by atoms with Crippen LogP contribution >= 0.6 is 11.6 Å². The molecule has 2 rings (SSSR count). The molecule has 0 saturated heterocycles. The van der Waals surface area contributed by atoms with Crippen LogP contribution < -0.4 is 5.32 Å². The summed E-state index contributed by atoms with van der Waals surface area (Å²) in [5.41, 5.74) is 0.893. The van der Waals surface area contributed by atoms with E-state index in [1.807, 2.05) is 0 Å². The lowest BCUT2D eigenvalue weighted by atomic mass is 9.78. The Morgan fingerprint density at radius 3 is 2.62 bits per heavy atom. The first-order chi connectivity index (χ1) is 9.92. The summed E-state index contributed by atoms with van der Waals surface area (Å²) in [5.74, 6) is 0.638. The maximum atomic E-state index is 11.1. The summed E-state index contributed by atoms with van der Waals surface area (Å²) < 4.78 is 0. The number of hydrogen-bond acceptors (Lipinski definition) is 3. The van der Waals surface area contributed by atoms with Crippen molar-refractivity contribution in [1.29, 1.82) is 0 Å². The molecule has 0 heterocycles. The maximum absolute atomic E-state index is 11.1. The van der Waals surface area contributed by atoms with Crippen molar-refractivity contribution in [2.75, 3.05) is 11.9 Å². The molecule has 1 fully saturated rings. The van der Waals surface area contributed by atoms with E-state index in [1.165, 1.54) is 31.7 Å². The molecular weight excluding hydrogens is 288 g/mol. The Morgan fingerprint density at radius 2 is 2.05 bits per heavy atom. The van der Waals surface area contributed by atoms with Crippen LogP contribution in [0.15, 0.2) is 18.2 Å². The zero-order valence-electron chi connectivity index (χ0n) is 12.7. The smallest absolute Gasteiger partial charge is 0.292 e. The first-order valence-corrected chi connectivity index (χ1v) is 7.97. The van der Waals surface area contributed by atoms with Crippen molar-refractivity contribution in [3.8, 4) is 0 Å². The van der Waals surface area contributed by atoms with Crippen LogP contribution in [0.4, 0.5) is 11.4 Å². The van der Waals surface area contributed by atoms with E-state index in [4.69, 9.17) is 11.6 Å². The molecule has 1 saturated carbocycles. The van der Waals surface area contributed by atoms with Gasteiger partial charge in [-0.15, -0.1) is 0 Å². The molecule has 0 radical (unpaired) electrons. The quantitative estimate of drug-likeness (QED) is 0.575. The van der Waals surface area contributed by atoms with Gasteiger partial charge in [-0.25, -0.2) is 0 Å². The normalized spacial score (nSPS) is 17.1. The molecule has 0 unspecified atom stereocenters. The lowest BCUT2D eigenvalue weighted by molar-refractivity contribution is -0.384. The van der Waals surface area contributed by atoms with E-state index in [1.54, 1.807) is 12.1 Å². The second-order valence-corrected chi connectivity index (χ2v) is 7.01. The van der Waals surface area contributed by atoms with Gasteiger partial charge in [-0.1, -0.05) is 38.3 Å². The molecule has 0 spiro atoms. The molecule has 1 N–H and O–H groups in total. The monoisotopic (exact) mass is 310 g/mol. The molecule has 0 amide bonds. The number of nitro groups is 1. The molecule has 5 heteroatoms. The van der Waals surface area contributed by atoms with Crippen LogP contribution in [0.5, 0.6) is 0 Å². The first-order valence-electron chi connectivity index (χ1n) is 7.60. The Labute approximate surface area is 131 Å². The molecule has 0 aliphatic heterocycles. The lowest BCUT2D eigenvalue weighted by Gasteiger charge is -2.31. The molecule has 1 aromatic rings. The molecule has 0 aromatic heterocycles. The van der Waals surface area contributed by atoms with Crippen molar-refractivity contribution >= 4 is 23.0 Å². The molecule has 1 aromatic carbocycles. The van der Waals surface area contributed by atoms with Crippen LogP contribution in [0.2, 0.25) is 5.02 Å². The zero-order chi connectivity index (χ0) is 15.5. The number of halogens is 1. The number of rotatable bonds is 6. The SMILES string of the molecule is CC(C)CC1(CNc2cc(Cl)ccc2[N+](=O)[O-])CCCC1. The fourth-order valence-corrected chi connectivity index (χ4v) is 3.71. The average Bonchev–Trinajstić information content (AvgIpc) is 2.84. The fourth-order valence-electron chi connectivity index (χ4n) is 3.54. The van der Waals surface area contributed by atoms with Gasteiger partial charge in [-0.05, 0) is 42.7 Å². The van der Waals surface area contributed by atoms with E-state index in [9.17, 15) is 10.1 Å². The number of benzene rings is 1. The standard InChI is InChI=1S/C16H23ClN2O2/c1-12(2)10-16(7-3-4-8-16)11-18-14-9-13(17)5-6-15(14)19(20)21/h5-6,9,12,18H,3-4,7-8,10-11H2,1-2H3. The predicted molar refractivity (Wildman–Crippen MR) is 87.0 cm³/mol. The van der Waals surface area contributed by atoms with Crippen LogP contribution in [0.25, 0.3) is 0 Å². The summed E-state index contributed by atoms with van der Waals surface area (Å²) >= 11 is 5.97. The van der Waals surface area contributed by atoms with E-state index in [-0.39, 0.29) is 16.0 Å². The summed E-state index contributed by atoms with van der Waals surface area (Å²) in [7, 11) is 0. The number of hydrogen-bond donors (Lipinski definition) is 1. The van der Waals surface area contributed by atoms with Gasteiger partial charge in [0.25, 0.3) is 5.69 Å². The van der Waals surface area contributed by atoms with Gasteiger partial charge >= 0.3 is 0 Å². The van der Waals surface area contributed by atoms with Gasteiger partial charge in [0.1, 0.15) is 5.69 Å². The van der Waals surface area contributed by atoms with Gasteiger partial charge in [-0.2, -0.15) is 0 Å². The number of nitrogens with zero attached hydrogens (tertiary/aromatic N) is 1. The molecule has 116 valence electrons. The van der Waals surface area contributed by atoms with Crippen molar-refractivity contribution < 1.29 is 4.92 Å². The average molecular weight is 311 g/mol. The van der Waals surface area contributed by atoms with Gasteiger partial charge in [0, 0.05) is 17.6 Å². The second-order valence-electron chi connectivity index (χ2n) is 6.58. The number of nitro benzene ring substituents is 1. The number of nitrogens with one attached hydrogen (secondary N) is 1. The highest BCUT2D eigenvalue weighted by atomic mass is 35.5. The maximum Gasteiger partial charge on any atom is 0.292 e. The minimum absolute atomic E-state index is 0.0945. The molecule has 0 atom stereocenters. The Hall–Kier alpha value is -1.29. The van der Waals surface area contributed by atoms with Crippen LogP contribution in [-0.2, 0) is 0 Å². The largest absolute Gasteiger partial charge is 0.379 e. The third kappa shape index (κ3) is 4.10. The van der Waals surface area contributed by atoms with Crippen LogP contribution in [0.3, 0.4) is 0 Å².